The van der Waals surface area contributed by atoms with E-state index in [0.29, 0.717) is 0 Å². The van der Waals surface area contributed by atoms with Crippen LogP contribution in [-0.2, 0) is 11.2 Å². The van der Waals surface area contributed by atoms with Crippen molar-refractivity contribution in [2.75, 3.05) is 18.6 Å². The van der Waals surface area contributed by atoms with Crippen molar-refractivity contribution in [1.29, 1.82) is 0 Å². The van der Waals surface area contributed by atoms with E-state index in [2.05, 4.69) is 67.4 Å². The van der Waals surface area contributed by atoms with Gasteiger partial charge in [-0.05, 0) is 68.2 Å². The number of ether oxygens (including phenoxy) is 1. The van der Waals surface area contributed by atoms with Gasteiger partial charge in [0.25, 0.3) is 0 Å². The molecule has 0 atom stereocenters. The molecule has 0 aromatic heterocycles. The number of nitrogens with one attached hydrogen (secondary N) is 1. The summed E-state index contributed by atoms with van der Waals surface area (Å²) in [7, 11) is 1.62. The highest BCUT2D eigenvalue weighted by Gasteiger charge is 2.30. The lowest BCUT2D eigenvalue weighted by Crippen LogP contribution is -2.45. The van der Waals surface area contributed by atoms with E-state index >= 15 is 0 Å². The molecule has 2 aromatic rings. The Balaban J connectivity index is 1.68. The van der Waals surface area contributed by atoms with Crippen molar-refractivity contribution in [3.8, 4) is 5.75 Å². The lowest BCUT2D eigenvalue weighted by Gasteiger charge is -2.43. The van der Waals surface area contributed by atoms with Crippen LogP contribution in [0.2, 0.25) is 0 Å². The third-order valence-corrected chi connectivity index (χ3v) is 5.38. The Bertz CT molecular complexity index is 959. The topological polar surface area (TPSA) is 53.9 Å². The van der Waals surface area contributed by atoms with E-state index in [1.54, 1.807) is 13.3 Å². The normalized spacial score (nSPS) is 15.0. The number of hydrazone groups is 1. The number of rotatable bonds is 7. The van der Waals surface area contributed by atoms with Crippen molar-refractivity contribution in [2.45, 2.75) is 46.1 Å². The zero-order valence-corrected chi connectivity index (χ0v) is 18.5. The highest BCUT2D eigenvalue weighted by molar-refractivity contribution is 5.88. The van der Waals surface area contributed by atoms with Crippen molar-refractivity contribution in [3.05, 3.63) is 65.2 Å². The lowest BCUT2D eigenvalue weighted by molar-refractivity contribution is -0.120. The number of carbonyl (C=O) groups excluding carboxylic acids is 1. The maximum Gasteiger partial charge on any atom is 0.244 e. The molecule has 1 aliphatic rings. The van der Waals surface area contributed by atoms with Crippen LogP contribution in [0.3, 0.4) is 0 Å². The van der Waals surface area contributed by atoms with Crippen molar-refractivity contribution in [3.63, 3.8) is 0 Å². The van der Waals surface area contributed by atoms with E-state index in [9.17, 15) is 4.79 Å². The SMILES string of the molecule is CCCN1c2ccc(/C=N/NC(=O)Cc3ccc(OC)cc3)cc2C(C)=CC1(C)C. The molecule has 0 spiro atoms. The highest BCUT2D eigenvalue weighted by Crippen LogP contribution is 2.39. The van der Waals surface area contributed by atoms with Crippen LogP contribution in [0.25, 0.3) is 5.57 Å². The number of fused-ring (bicyclic) bond motifs is 1. The second-order valence-electron chi connectivity index (χ2n) is 8.23. The molecular weight excluding hydrogens is 374 g/mol. The van der Waals surface area contributed by atoms with E-state index in [4.69, 9.17) is 4.74 Å². The Kier molecular flexibility index (Phi) is 6.60. The molecule has 5 heteroatoms. The number of nitrogens with zero attached hydrogens (tertiary/aromatic N) is 2. The molecule has 0 saturated carbocycles. The Morgan fingerprint density at radius 2 is 1.93 bits per heavy atom. The van der Waals surface area contributed by atoms with Crippen LogP contribution in [0.5, 0.6) is 5.75 Å². The third kappa shape index (κ3) is 4.90. The molecule has 158 valence electrons. The summed E-state index contributed by atoms with van der Waals surface area (Å²) in [6, 6.07) is 13.8. The zero-order chi connectivity index (χ0) is 21.7. The fourth-order valence-corrected chi connectivity index (χ4v) is 3.96. The summed E-state index contributed by atoms with van der Waals surface area (Å²) in [5.74, 6) is 0.621. The van der Waals surface area contributed by atoms with Crippen molar-refractivity contribution >= 4 is 23.4 Å². The number of amides is 1. The van der Waals surface area contributed by atoms with Gasteiger partial charge >= 0.3 is 0 Å². The number of hydrogen-bond acceptors (Lipinski definition) is 4. The van der Waals surface area contributed by atoms with Crippen molar-refractivity contribution in [1.82, 2.24) is 5.43 Å². The molecule has 0 aliphatic carbocycles. The quantitative estimate of drug-likeness (QED) is 0.532. The van der Waals surface area contributed by atoms with Gasteiger partial charge in [0.1, 0.15) is 5.75 Å². The molecule has 2 aromatic carbocycles. The largest absolute Gasteiger partial charge is 0.497 e. The number of carbonyl (C=O) groups is 1. The van der Waals surface area contributed by atoms with Crippen LogP contribution < -0.4 is 15.1 Å². The van der Waals surface area contributed by atoms with Gasteiger partial charge < -0.3 is 9.64 Å². The number of hydrogen-bond donors (Lipinski definition) is 1. The van der Waals surface area contributed by atoms with Gasteiger partial charge in [-0.2, -0.15) is 5.10 Å². The van der Waals surface area contributed by atoms with Crippen molar-refractivity contribution < 1.29 is 9.53 Å². The number of benzene rings is 2. The molecule has 1 aliphatic heterocycles. The fourth-order valence-electron chi connectivity index (χ4n) is 3.96. The Hall–Kier alpha value is -3.08. The fraction of sp³-hybridized carbons (Fsp3) is 0.360. The monoisotopic (exact) mass is 405 g/mol. The molecule has 30 heavy (non-hydrogen) atoms. The standard InChI is InChI=1S/C25H31N3O2/c1-6-13-28-23-12-9-20(14-22(23)18(2)16-25(28,3)4)17-26-27-24(29)15-19-7-10-21(30-5)11-8-19/h7-12,14,16-17H,6,13,15H2,1-5H3,(H,27,29)/b26-17+. The minimum absolute atomic E-state index is 0.00185. The molecule has 0 unspecified atom stereocenters. The molecule has 1 N–H and O–H groups in total. The van der Waals surface area contributed by atoms with Crippen LogP contribution in [-0.4, -0.2) is 31.3 Å². The summed E-state index contributed by atoms with van der Waals surface area (Å²) in [6.07, 6.45) is 5.39. The molecule has 0 saturated heterocycles. The summed E-state index contributed by atoms with van der Waals surface area (Å²) in [5, 5.41) is 4.15. The van der Waals surface area contributed by atoms with Crippen LogP contribution in [0.1, 0.15) is 50.8 Å². The average molecular weight is 406 g/mol. The summed E-state index contributed by atoms with van der Waals surface area (Å²) in [5.41, 5.74) is 8.22. The van der Waals surface area contributed by atoms with E-state index in [-0.39, 0.29) is 17.9 Å². The highest BCUT2D eigenvalue weighted by atomic mass is 16.5. The molecule has 3 rings (SSSR count). The first-order chi connectivity index (χ1) is 14.3. The molecular formula is C25H31N3O2. The number of anilines is 1. The van der Waals surface area contributed by atoms with Gasteiger partial charge in [-0.3, -0.25) is 4.79 Å². The van der Waals surface area contributed by atoms with Gasteiger partial charge in [0.05, 0.1) is 25.3 Å². The predicted molar refractivity (Wildman–Crippen MR) is 124 cm³/mol. The second kappa shape index (κ2) is 9.16. The van der Waals surface area contributed by atoms with E-state index < -0.39 is 0 Å². The summed E-state index contributed by atoms with van der Waals surface area (Å²) in [6.45, 7) is 9.88. The molecule has 0 bridgehead atoms. The van der Waals surface area contributed by atoms with Gasteiger partial charge in [-0.15, -0.1) is 0 Å². The number of allylic oxidation sites excluding steroid dienone is 1. The molecule has 0 fully saturated rings. The lowest BCUT2D eigenvalue weighted by atomic mass is 9.88. The second-order valence-corrected chi connectivity index (χ2v) is 8.23. The maximum atomic E-state index is 12.2. The smallest absolute Gasteiger partial charge is 0.244 e. The maximum absolute atomic E-state index is 12.2. The summed E-state index contributed by atoms with van der Waals surface area (Å²) >= 11 is 0. The Morgan fingerprint density at radius 1 is 1.20 bits per heavy atom. The van der Waals surface area contributed by atoms with Crippen LogP contribution in [0, 0.1) is 0 Å². The third-order valence-electron chi connectivity index (χ3n) is 5.38. The molecule has 0 radical (unpaired) electrons. The van der Waals surface area contributed by atoms with Gasteiger partial charge in [-0.25, -0.2) is 5.43 Å². The predicted octanol–water partition coefficient (Wildman–Crippen LogP) is 4.80. The van der Waals surface area contributed by atoms with E-state index in [1.807, 2.05) is 24.3 Å². The minimum Gasteiger partial charge on any atom is -0.497 e. The summed E-state index contributed by atoms with van der Waals surface area (Å²) in [4.78, 5) is 14.6. The van der Waals surface area contributed by atoms with Gasteiger partial charge in [-0.1, -0.05) is 31.2 Å². The van der Waals surface area contributed by atoms with Crippen LogP contribution in [0.15, 0.2) is 53.6 Å². The van der Waals surface area contributed by atoms with Crippen LogP contribution >= 0.6 is 0 Å². The van der Waals surface area contributed by atoms with E-state index in [0.717, 1.165) is 29.8 Å². The summed E-state index contributed by atoms with van der Waals surface area (Å²) < 4.78 is 5.14. The first kappa shape index (κ1) is 21.6. The number of methoxy groups -OCH3 is 1. The first-order valence-electron chi connectivity index (χ1n) is 10.4. The van der Waals surface area contributed by atoms with Crippen LogP contribution in [0.4, 0.5) is 5.69 Å². The van der Waals surface area contributed by atoms with Crippen molar-refractivity contribution in [2.24, 2.45) is 5.10 Å². The Morgan fingerprint density at radius 3 is 2.60 bits per heavy atom. The van der Waals surface area contributed by atoms with Gasteiger partial charge in [0, 0.05) is 17.8 Å². The van der Waals surface area contributed by atoms with Gasteiger partial charge in [0.2, 0.25) is 5.91 Å². The first-order valence-corrected chi connectivity index (χ1v) is 10.4. The average Bonchev–Trinajstić information content (AvgIpc) is 2.71. The van der Waals surface area contributed by atoms with Gasteiger partial charge in [0.15, 0.2) is 0 Å². The molecule has 5 nitrogen and oxygen atoms in total. The molecule has 1 heterocycles. The van der Waals surface area contributed by atoms with E-state index in [1.165, 1.54) is 16.8 Å². The molecule has 1 amide bonds. The Labute approximate surface area is 179 Å². The minimum atomic E-state index is -0.152. The zero-order valence-electron chi connectivity index (χ0n) is 18.5.